The van der Waals surface area contributed by atoms with Gasteiger partial charge >= 0.3 is 11.9 Å². The van der Waals surface area contributed by atoms with Crippen molar-refractivity contribution in [2.24, 2.45) is 11.8 Å². The Labute approximate surface area is 310 Å². The first-order valence-corrected chi connectivity index (χ1v) is 21.6. The van der Waals surface area contributed by atoms with Gasteiger partial charge in [-0.25, -0.2) is 0 Å². The van der Waals surface area contributed by atoms with Crippen LogP contribution in [-0.4, -0.2) is 73.6 Å². The zero-order chi connectivity index (χ0) is 37.2. The molecule has 0 bridgehead atoms. The molecule has 7 nitrogen and oxygen atoms in total. The quantitative estimate of drug-likeness (QED) is 0.0476. The highest BCUT2D eigenvalue weighted by molar-refractivity contribution is 5.81. The number of rotatable bonds is 36. The van der Waals surface area contributed by atoms with E-state index in [1.807, 2.05) is 14.0 Å². The highest BCUT2D eigenvalue weighted by Gasteiger charge is 2.26. The van der Waals surface area contributed by atoms with Gasteiger partial charge in [0.25, 0.3) is 0 Å². The Balaban J connectivity index is 5.33. The largest absolute Gasteiger partial charge is 0.464 e. The smallest absolute Gasteiger partial charge is 0.308 e. The van der Waals surface area contributed by atoms with E-state index in [1.165, 1.54) is 89.9 Å². The molecule has 0 spiro atoms. The number of hydrogen-bond donors (Lipinski definition) is 0. The molecular weight excluding hydrogens is 624 g/mol. The van der Waals surface area contributed by atoms with Gasteiger partial charge in [0, 0.05) is 0 Å². The Morgan fingerprint density at radius 3 is 1.12 bits per heavy atom. The van der Waals surface area contributed by atoms with Crippen LogP contribution in [0.5, 0.6) is 0 Å². The van der Waals surface area contributed by atoms with Crippen molar-refractivity contribution in [1.29, 1.82) is 0 Å². The fraction of sp³-hybridized carbons (Fsp3) is 0.930. The Kier molecular flexibility index (Phi) is 33.3. The van der Waals surface area contributed by atoms with E-state index in [9.17, 15) is 14.4 Å². The summed E-state index contributed by atoms with van der Waals surface area (Å²) in [5.74, 6) is -0.395. The number of nitrogens with zero attached hydrogens (tertiary/aromatic N) is 2. The molecule has 0 saturated heterocycles. The van der Waals surface area contributed by atoms with Crippen LogP contribution in [-0.2, 0) is 23.9 Å². The van der Waals surface area contributed by atoms with Crippen molar-refractivity contribution in [1.82, 2.24) is 9.80 Å². The zero-order valence-corrected chi connectivity index (χ0v) is 34.4. The van der Waals surface area contributed by atoms with Crippen molar-refractivity contribution < 1.29 is 23.9 Å². The average Bonchev–Trinajstić information content (AvgIpc) is 3.11. The molecule has 0 aromatic heterocycles. The van der Waals surface area contributed by atoms with Crippen LogP contribution in [0, 0.1) is 11.8 Å². The minimum absolute atomic E-state index is 0.0144. The molecule has 7 heteroatoms. The van der Waals surface area contributed by atoms with E-state index >= 15 is 0 Å². The first-order valence-electron chi connectivity index (χ1n) is 21.6. The molecule has 3 unspecified atom stereocenters. The van der Waals surface area contributed by atoms with Crippen molar-refractivity contribution in [3.05, 3.63) is 0 Å². The summed E-state index contributed by atoms with van der Waals surface area (Å²) in [5.41, 5.74) is 0. The van der Waals surface area contributed by atoms with E-state index in [1.54, 1.807) is 4.90 Å². The summed E-state index contributed by atoms with van der Waals surface area (Å²) >= 11 is 0. The van der Waals surface area contributed by atoms with E-state index in [0.29, 0.717) is 13.1 Å². The van der Waals surface area contributed by atoms with Crippen molar-refractivity contribution >= 4 is 17.8 Å². The monoisotopic (exact) mass is 709 g/mol. The highest BCUT2D eigenvalue weighted by atomic mass is 16.5. The van der Waals surface area contributed by atoms with Crippen LogP contribution in [0.3, 0.4) is 0 Å². The summed E-state index contributed by atoms with van der Waals surface area (Å²) in [4.78, 5) is 44.1. The summed E-state index contributed by atoms with van der Waals surface area (Å²) in [5, 5.41) is 0. The van der Waals surface area contributed by atoms with Gasteiger partial charge in [0.1, 0.15) is 13.2 Å². The van der Waals surface area contributed by atoms with Crippen LogP contribution in [0.2, 0.25) is 0 Å². The molecule has 0 aliphatic carbocycles. The fourth-order valence-electron chi connectivity index (χ4n) is 6.82. The molecule has 0 fully saturated rings. The molecule has 3 atom stereocenters. The summed E-state index contributed by atoms with van der Waals surface area (Å²) in [7, 11) is 1.97. The van der Waals surface area contributed by atoms with E-state index in [-0.39, 0.29) is 48.9 Å². The number of unbranched alkanes of at least 4 members (excludes halogenated alkanes) is 16. The van der Waals surface area contributed by atoms with Crippen LogP contribution in [0.4, 0.5) is 0 Å². The number of carbonyl (C=O) groups is 3. The molecule has 296 valence electrons. The molecule has 0 aliphatic rings. The molecule has 0 aliphatic heterocycles. The molecule has 0 rings (SSSR count). The summed E-state index contributed by atoms with van der Waals surface area (Å²) in [6.07, 6.45) is 28.1. The van der Waals surface area contributed by atoms with E-state index in [4.69, 9.17) is 9.47 Å². The van der Waals surface area contributed by atoms with Gasteiger partial charge in [0.05, 0.1) is 31.0 Å². The minimum atomic E-state index is -0.306. The lowest BCUT2D eigenvalue weighted by Crippen LogP contribution is -2.48. The molecule has 0 aromatic rings. The normalized spacial score (nSPS) is 13.3. The fourth-order valence-corrected chi connectivity index (χ4v) is 6.82. The standard InChI is InChI=1S/C43H84N2O5/c1-8-13-17-21-23-27-31-39(29-25-19-15-10-3)42(47)49-36-34-45(41(46)38(6)44(7)33-12-5)35-37-50-43(48)40(30-26-20-16-11-4)32-28-24-22-18-14-9-2/h38-40H,8-37H2,1-7H3. The maximum absolute atomic E-state index is 13.7. The van der Waals surface area contributed by atoms with Crippen LogP contribution in [0.15, 0.2) is 0 Å². The Bertz CT molecular complexity index is 756. The van der Waals surface area contributed by atoms with E-state index in [0.717, 1.165) is 77.2 Å². The van der Waals surface area contributed by atoms with Gasteiger partial charge in [-0.05, 0) is 52.6 Å². The predicted octanol–water partition coefficient (Wildman–Crippen LogP) is 11.3. The number of hydrogen-bond acceptors (Lipinski definition) is 6. The van der Waals surface area contributed by atoms with Gasteiger partial charge < -0.3 is 14.4 Å². The Morgan fingerprint density at radius 2 is 0.780 bits per heavy atom. The van der Waals surface area contributed by atoms with Crippen molar-refractivity contribution in [2.45, 2.75) is 208 Å². The maximum atomic E-state index is 13.7. The predicted molar refractivity (Wildman–Crippen MR) is 211 cm³/mol. The lowest BCUT2D eigenvalue weighted by atomic mass is 9.94. The van der Waals surface area contributed by atoms with Gasteiger partial charge in [-0.2, -0.15) is 0 Å². The summed E-state index contributed by atoms with van der Waals surface area (Å²) < 4.78 is 11.8. The van der Waals surface area contributed by atoms with Crippen LogP contribution >= 0.6 is 0 Å². The second-order valence-corrected chi connectivity index (χ2v) is 15.0. The van der Waals surface area contributed by atoms with Gasteiger partial charge in [-0.3, -0.25) is 19.3 Å². The SMILES string of the molecule is CCCCCCCCC(CCCCCC)C(=O)OCCN(CCOC(=O)C(CCCCCC)CCCCCCCC)C(=O)C(C)N(C)CCC. The van der Waals surface area contributed by atoms with E-state index in [2.05, 4.69) is 39.5 Å². The molecule has 0 aromatic carbocycles. The Morgan fingerprint density at radius 1 is 0.460 bits per heavy atom. The highest BCUT2D eigenvalue weighted by Crippen LogP contribution is 2.22. The van der Waals surface area contributed by atoms with Crippen LogP contribution in [0.1, 0.15) is 202 Å². The summed E-state index contributed by atoms with van der Waals surface area (Å²) in [6, 6.07) is -0.306. The lowest BCUT2D eigenvalue weighted by Gasteiger charge is -2.30. The van der Waals surface area contributed by atoms with Gasteiger partial charge in [-0.1, -0.05) is 163 Å². The first kappa shape index (κ1) is 48.4. The molecule has 0 heterocycles. The van der Waals surface area contributed by atoms with Crippen LogP contribution < -0.4 is 0 Å². The number of amides is 1. The first-order chi connectivity index (χ1) is 24.3. The van der Waals surface area contributed by atoms with Crippen molar-refractivity contribution in [3.8, 4) is 0 Å². The molecule has 0 radical (unpaired) electrons. The zero-order valence-electron chi connectivity index (χ0n) is 34.4. The second kappa shape index (κ2) is 34.5. The van der Waals surface area contributed by atoms with Gasteiger partial charge in [0.15, 0.2) is 0 Å². The minimum Gasteiger partial charge on any atom is -0.464 e. The van der Waals surface area contributed by atoms with E-state index < -0.39 is 0 Å². The topological polar surface area (TPSA) is 76.1 Å². The van der Waals surface area contributed by atoms with Crippen molar-refractivity contribution in [2.75, 3.05) is 39.9 Å². The third-order valence-electron chi connectivity index (χ3n) is 10.4. The molecule has 0 saturated carbocycles. The van der Waals surface area contributed by atoms with Gasteiger partial charge in [0.2, 0.25) is 5.91 Å². The lowest BCUT2D eigenvalue weighted by molar-refractivity contribution is -0.153. The molecule has 50 heavy (non-hydrogen) atoms. The number of ether oxygens (including phenoxy) is 2. The Hall–Kier alpha value is -1.63. The maximum Gasteiger partial charge on any atom is 0.308 e. The summed E-state index contributed by atoms with van der Waals surface area (Å²) in [6.45, 7) is 14.7. The third kappa shape index (κ3) is 25.3. The second-order valence-electron chi connectivity index (χ2n) is 15.0. The van der Waals surface area contributed by atoms with Crippen LogP contribution in [0.25, 0.3) is 0 Å². The average molecular weight is 709 g/mol. The van der Waals surface area contributed by atoms with Gasteiger partial charge in [-0.15, -0.1) is 0 Å². The molecular formula is C43H84N2O5. The third-order valence-corrected chi connectivity index (χ3v) is 10.4. The molecule has 1 amide bonds. The number of esters is 2. The van der Waals surface area contributed by atoms with Crippen molar-refractivity contribution in [3.63, 3.8) is 0 Å². The number of carbonyl (C=O) groups excluding carboxylic acids is 3. The number of likely N-dealkylation sites (N-methyl/N-ethyl adjacent to an activating group) is 1. The molecule has 0 N–H and O–H groups in total.